The maximum Gasteiger partial charge on any atom is 0.410 e. The van der Waals surface area contributed by atoms with Crippen LogP contribution in [0.1, 0.15) is 46.5 Å². The van der Waals surface area contributed by atoms with Crippen LogP contribution in [0.2, 0.25) is 0 Å². The van der Waals surface area contributed by atoms with Crippen molar-refractivity contribution in [1.29, 1.82) is 0 Å². The normalized spacial score (nSPS) is 23.1. The van der Waals surface area contributed by atoms with Gasteiger partial charge in [0.25, 0.3) is 0 Å². The Hall–Kier alpha value is -1.46. The number of hydrogen-bond donors (Lipinski definition) is 1. The lowest BCUT2D eigenvalue weighted by Crippen LogP contribution is -2.53. The molecule has 0 bridgehead atoms. The second-order valence-electron chi connectivity index (χ2n) is 6.91. The predicted molar refractivity (Wildman–Crippen MR) is 80.2 cm³/mol. The highest BCUT2D eigenvalue weighted by molar-refractivity contribution is 5.75. The van der Waals surface area contributed by atoms with Crippen LogP contribution in [0.4, 0.5) is 9.59 Å². The lowest BCUT2D eigenvalue weighted by Gasteiger charge is -2.35. The average molecular weight is 297 g/mol. The first-order valence-corrected chi connectivity index (χ1v) is 7.88. The lowest BCUT2D eigenvalue weighted by atomic mass is 10.1. The zero-order chi connectivity index (χ0) is 15.5. The zero-order valence-corrected chi connectivity index (χ0v) is 13.4. The molecule has 0 saturated carbocycles. The second kappa shape index (κ2) is 6.54. The van der Waals surface area contributed by atoms with E-state index in [2.05, 4.69) is 5.32 Å². The number of likely N-dealkylation sites (tertiary alicyclic amines) is 2. The Balaban J connectivity index is 1.82. The first-order valence-electron chi connectivity index (χ1n) is 7.88. The highest BCUT2D eigenvalue weighted by atomic mass is 16.6. The first-order chi connectivity index (χ1) is 9.85. The number of hydrogen-bond acceptors (Lipinski definition) is 3. The van der Waals surface area contributed by atoms with E-state index < -0.39 is 5.60 Å². The number of nitrogens with zero attached hydrogens (tertiary/aromatic N) is 2. The molecule has 2 heterocycles. The molecule has 2 aliphatic heterocycles. The molecule has 21 heavy (non-hydrogen) atoms. The van der Waals surface area contributed by atoms with Crippen LogP contribution in [0.25, 0.3) is 0 Å². The number of nitrogens with one attached hydrogen (secondary N) is 1. The van der Waals surface area contributed by atoms with Gasteiger partial charge in [0.05, 0.1) is 0 Å². The minimum absolute atomic E-state index is 0.00328. The van der Waals surface area contributed by atoms with Crippen molar-refractivity contribution < 1.29 is 14.3 Å². The second-order valence-corrected chi connectivity index (χ2v) is 6.91. The molecule has 1 atom stereocenters. The summed E-state index contributed by atoms with van der Waals surface area (Å²) in [6, 6.07) is 0.0305. The van der Waals surface area contributed by atoms with Crippen LogP contribution in [0.15, 0.2) is 0 Å². The van der Waals surface area contributed by atoms with Crippen molar-refractivity contribution in [3.63, 3.8) is 0 Å². The standard InChI is InChI=1S/C15H27N3O3/c1-15(2,3)21-14(20)18-10-6-7-12(11-18)16-13(19)17-8-4-5-9-17/h12H,4-11H2,1-3H3,(H,16,19). The van der Waals surface area contributed by atoms with Gasteiger partial charge in [-0.05, 0) is 46.5 Å². The number of carbonyl (C=O) groups is 2. The highest BCUT2D eigenvalue weighted by Gasteiger charge is 2.29. The smallest absolute Gasteiger partial charge is 0.410 e. The molecule has 1 unspecified atom stereocenters. The number of rotatable bonds is 1. The van der Waals surface area contributed by atoms with E-state index in [-0.39, 0.29) is 18.2 Å². The van der Waals surface area contributed by atoms with Crippen LogP contribution in [0, 0.1) is 0 Å². The maximum atomic E-state index is 12.1. The van der Waals surface area contributed by atoms with Crippen molar-refractivity contribution in [2.24, 2.45) is 0 Å². The quantitative estimate of drug-likeness (QED) is 0.807. The predicted octanol–water partition coefficient (Wildman–Crippen LogP) is 2.19. The van der Waals surface area contributed by atoms with Gasteiger partial charge < -0.3 is 19.9 Å². The van der Waals surface area contributed by atoms with Crippen LogP contribution in [0.3, 0.4) is 0 Å². The van der Waals surface area contributed by atoms with E-state index in [0.29, 0.717) is 13.1 Å². The van der Waals surface area contributed by atoms with Gasteiger partial charge in [0.2, 0.25) is 0 Å². The highest BCUT2D eigenvalue weighted by Crippen LogP contribution is 2.16. The van der Waals surface area contributed by atoms with Crippen LogP contribution in [-0.4, -0.2) is 59.7 Å². The number of carbonyl (C=O) groups excluding carboxylic acids is 2. The molecular weight excluding hydrogens is 270 g/mol. The Kier molecular flexibility index (Phi) is 4.96. The molecule has 6 heteroatoms. The van der Waals surface area contributed by atoms with Gasteiger partial charge in [0.15, 0.2) is 0 Å². The third-order valence-corrected chi connectivity index (χ3v) is 3.79. The van der Waals surface area contributed by atoms with Crippen molar-refractivity contribution in [1.82, 2.24) is 15.1 Å². The van der Waals surface area contributed by atoms with Gasteiger partial charge in [-0.3, -0.25) is 0 Å². The summed E-state index contributed by atoms with van der Waals surface area (Å²) < 4.78 is 5.39. The molecule has 0 radical (unpaired) electrons. The fourth-order valence-corrected chi connectivity index (χ4v) is 2.77. The molecule has 2 fully saturated rings. The molecule has 3 amide bonds. The van der Waals surface area contributed by atoms with Gasteiger partial charge in [-0.2, -0.15) is 0 Å². The van der Waals surface area contributed by atoms with E-state index in [4.69, 9.17) is 4.74 Å². The summed E-state index contributed by atoms with van der Waals surface area (Å²) in [4.78, 5) is 27.7. The molecule has 0 aromatic heterocycles. The molecule has 2 saturated heterocycles. The van der Waals surface area contributed by atoms with Gasteiger partial charge in [-0.1, -0.05) is 0 Å². The minimum atomic E-state index is -0.483. The number of ether oxygens (including phenoxy) is 1. The average Bonchev–Trinajstić information content (AvgIpc) is 2.91. The summed E-state index contributed by atoms with van der Waals surface area (Å²) >= 11 is 0. The third-order valence-electron chi connectivity index (χ3n) is 3.79. The van der Waals surface area contributed by atoms with Crippen LogP contribution in [-0.2, 0) is 4.74 Å². The SMILES string of the molecule is CC(C)(C)OC(=O)N1CCCC(NC(=O)N2CCCC2)C1. The fourth-order valence-electron chi connectivity index (χ4n) is 2.77. The number of amides is 3. The molecule has 1 N–H and O–H groups in total. The van der Waals surface area contributed by atoms with Crippen molar-refractivity contribution in [2.45, 2.75) is 58.1 Å². The molecule has 2 rings (SSSR count). The van der Waals surface area contributed by atoms with E-state index >= 15 is 0 Å². The Labute approximate surface area is 126 Å². The molecule has 0 aliphatic carbocycles. The number of piperidine rings is 1. The molecular formula is C15H27N3O3. The van der Waals surface area contributed by atoms with Crippen molar-refractivity contribution in [3.8, 4) is 0 Å². The van der Waals surface area contributed by atoms with Gasteiger partial charge in [0, 0.05) is 32.2 Å². The van der Waals surface area contributed by atoms with Gasteiger partial charge in [-0.25, -0.2) is 9.59 Å². The Bertz CT molecular complexity index is 386. The Morgan fingerprint density at radius 1 is 1.05 bits per heavy atom. The summed E-state index contributed by atoms with van der Waals surface area (Å²) in [6.07, 6.45) is 3.69. The fraction of sp³-hybridized carbons (Fsp3) is 0.867. The molecule has 6 nitrogen and oxygen atoms in total. The van der Waals surface area contributed by atoms with Crippen LogP contribution >= 0.6 is 0 Å². The molecule has 120 valence electrons. The number of urea groups is 1. The summed E-state index contributed by atoms with van der Waals surface area (Å²) in [5, 5.41) is 3.05. The van der Waals surface area contributed by atoms with Crippen LogP contribution in [0.5, 0.6) is 0 Å². The summed E-state index contributed by atoms with van der Waals surface area (Å²) in [5.41, 5.74) is -0.483. The van der Waals surface area contributed by atoms with E-state index in [9.17, 15) is 9.59 Å². The van der Waals surface area contributed by atoms with Gasteiger partial charge >= 0.3 is 12.1 Å². The van der Waals surface area contributed by atoms with Crippen LogP contribution < -0.4 is 5.32 Å². The summed E-state index contributed by atoms with van der Waals surface area (Å²) in [5.74, 6) is 0. The van der Waals surface area contributed by atoms with Crippen molar-refractivity contribution in [2.75, 3.05) is 26.2 Å². The molecule has 2 aliphatic rings. The maximum absolute atomic E-state index is 12.1. The molecule has 0 aromatic rings. The molecule has 0 spiro atoms. The van der Waals surface area contributed by atoms with E-state index in [1.165, 1.54) is 0 Å². The van der Waals surface area contributed by atoms with E-state index in [1.807, 2.05) is 25.7 Å². The van der Waals surface area contributed by atoms with Gasteiger partial charge in [-0.15, -0.1) is 0 Å². The Morgan fingerprint density at radius 3 is 2.29 bits per heavy atom. The lowest BCUT2D eigenvalue weighted by molar-refractivity contribution is 0.0189. The Morgan fingerprint density at radius 2 is 1.67 bits per heavy atom. The molecule has 0 aromatic carbocycles. The zero-order valence-electron chi connectivity index (χ0n) is 13.4. The summed E-state index contributed by atoms with van der Waals surface area (Å²) in [7, 11) is 0. The minimum Gasteiger partial charge on any atom is -0.444 e. The van der Waals surface area contributed by atoms with Crippen molar-refractivity contribution >= 4 is 12.1 Å². The van der Waals surface area contributed by atoms with E-state index in [0.717, 1.165) is 38.8 Å². The van der Waals surface area contributed by atoms with Crippen molar-refractivity contribution in [3.05, 3.63) is 0 Å². The first kappa shape index (κ1) is 15.9. The monoisotopic (exact) mass is 297 g/mol. The largest absolute Gasteiger partial charge is 0.444 e. The summed E-state index contributed by atoms with van der Waals surface area (Å²) in [6.45, 7) is 8.51. The third kappa shape index (κ3) is 4.79. The topological polar surface area (TPSA) is 61.9 Å². The van der Waals surface area contributed by atoms with Gasteiger partial charge in [0.1, 0.15) is 5.60 Å². The van der Waals surface area contributed by atoms with E-state index in [1.54, 1.807) is 4.90 Å².